The van der Waals surface area contributed by atoms with Crippen molar-refractivity contribution in [1.82, 2.24) is 10.3 Å². The Morgan fingerprint density at radius 2 is 1.81 bits per heavy atom. The summed E-state index contributed by atoms with van der Waals surface area (Å²) in [6.07, 6.45) is -6.11. The number of halogens is 5. The fraction of sp³-hybridized carbons (Fsp3) is 0.300. The van der Waals surface area contributed by atoms with Gasteiger partial charge in [-0.3, -0.25) is 4.79 Å². The number of amides is 1. The molecule has 2 aromatic carbocycles. The number of alkyl halides is 5. The summed E-state index contributed by atoms with van der Waals surface area (Å²) < 4.78 is 70.0. The zero-order valence-corrected chi connectivity index (χ0v) is 16.6. The van der Waals surface area contributed by atoms with Crippen molar-refractivity contribution in [2.75, 3.05) is 6.54 Å². The molecule has 2 N–H and O–H groups in total. The largest absolute Gasteiger partial charge is 0.435 e. The van der Waals surface area contributed by atoms with Crippen LogP contribution >= 0.6 is 11.3 Å². The highest BCUT2D eigenvalue weighted by molar-refractivity contribution is 7.18. The molecular formula is C20H17F5N2O3S. The molecule has 0 saturated carbocycles. The Bertz CT molecular complexity index is 1010. The summed E-state index contributed by atoms with van der Waals surface area (Å²) in [4.78, 5) is 16.0. The molecule has 0 bridgehead atoms. The van der Waals surface area contributed by atoms with Crippen LogP contribution in [0.4, 0.5) is 22.0 Å². The Morgan fingerprint density at radius 1 is 1.13 bits per heavy atom. The van der Waals surface area contributed by atoms with Crippen molar-refractivity contribution in [2.24, 2.45) is 0 Å². The molecule has 1 heterocycles. The van der Waals surface area contributed by atoms with Crippen molar-refractivity contribution in [3.63, 3.8) is 0 Å². The molecule has 0 aliphatic heterocycles. The molecule has 0 aliphatic rings. The predicted octanol–water partition coefficient (Wildman–Crippen LogP) is 4.40. The number of hydrogen-bond donors (Lipinski definition) is 2. The molecule has 11 heteroatoms. The van der Waals surface area contributed by atoms with E-state index in [0.29, 0.717) is 27.1 Å². The molecule has 1 atom stereocenters. The number of hydrogen-bond acceptors (Lipinski definition) is 5. The highest BCUT2D eigenvalue weighted by Crippen LogP contribution is 2.44. The molecule has 1 unspecified atom stereocenters. The van der Waals surface area contributed by atoms with Crippen molar-refractivity contribution >= 4 is 27.5 Å². The zero-order chi connectivity index (χ0) is 22.6. The molecule has 0 radical (unpaired) electrons. The minimum atomic E-state index is -5.11. The molecular weight excluding hydrogens is 443 g/mol. The van der Waals surface area contributed by atoms with E-state index in [1.165, 1.54) is 30.3 Å². The zero-order valence-electron chi connectivity index (χ0n) is 15.8. The Labute approximate surface area is 177 Å². The fourth-order valence-electron chi connectivity index (χ4n) is 2.82. The average molecular weight is 460 g/mol. The molecule has 5 nitrogen and oxygen atoms in total. The number of benzene rings is 2. The predicted molar refractivity (Wildman–Crippen MR) is 104 cm³/mol. The van der Waals surface area contributed by atoms with Crippen LogP contribution in [-0.4, -0.2) is 35.3 Å². The van der Waals surface area contributed by atoms with E-state index >= 15 is 0 Å². The maximum Gasteiger partial charge on any atom is 0.424 e. The molecule has 0 fully saturated rings. The summed E-state index contributed by atoms with van der Waals surface area (Å²) in [5, 5.41) is 12.1. The molecule has 166 valence electrons. The van der Waals surface area contributed by atoms with Gasteiger partial charge in [0.25, 0.3) is 0 Å². The Kier molecular flexibility index (Phi) is 6.75. The number of carbonyl (C=O) groups is 1. The summed E-state index contributed by atoms with van der Waals surface area (Å²) in [6, 6.07) is 12.0. The number of carbonyl (C=O) groups excluding carboxylic acids is 1. The van der Waals surface area contributed by atoms with Gasteiger partial charge in [0, 0.05) is 6.54 Å². The minimum Gasteiger partial charge on any atom is -0.435 e. The number of fused-ring (bicyclic) bond motifs is 1. The Balaban J connectivity index is 1.63. The van der Waals surface area contributed by atoms with E-state index in [-0.39, 0.29) is 18.7 Å². The van der Waals surface area contributed by atoms with Gasteiger partial charge in [0.15, 0.2) is 0 Å². The number of ether oxygens (including phenoxy) is 1. The number of para-hydroxylation sites is 1. The van der Waals surface area contributed by atoms with Crippen molar-refractivity contribution in [1.29, 1.82) is 0 Å². The maximum atomic E-state index is 13.7. The number of aliphatic hydroxyl groups is 1. The molecule has 0 saturated heterocycles. The van der Waals surface area contributed by atoms with Crippen molar-refractivity contribution in [2.45, 2.75) is 31.2 Å². The van der Waals surface area contributed by atoms with Gasteiger partial charge < -0.3 is 15.2 Å². The SMILES string of the molecule is O=C(CC(O)(c1nc2ccccc2s1)C(F)(F)F)NCCc1ccc(OC(F)F)cc1. The molecule has 31 heavy (non-hydrogen) atoms. The normalized spacial score (nSPS) is 13.9. The maximum absolute atomic E-state index is 13.7. The van der Waals surface area contributed by atoms with Gasteiger partial charge >= 0.3 is 12.8 Å². The van der Waals surface area contributed by atoms with Crippen LogP contribution in [0.3, 0.4) is 0 Å². The lowest BCUT2D eigenvalue weighted by Gasteiger charge is -2.27. The van der Waals surface area contributed by atoms with E-state index in [0.717, 1.165) is 0 Å². The lowest BCUT2D eigenvalue weighted by molar-refractivity contribution is -0.267. The second-order valence-corrected chi connectivity index (χ2v) is 7.67. The number of nitrogens with one attached hydrogen (secondary N) is 1. The van der Waals surface area contributed by atoms with Gasteiger partial charge in [-0.25, -0.2) is 4.98 Å². The fourth-order valence-corrected chi connectivity index (χ4v) is 3.90. The van der Waals surface area contributed by atoms with E-state index < -0.39 is 35.7 Å². The topological polar surface area (TPSA) is 71.5 Å². The second kappa shape index (κ2) is 9.15. The first-order valence-electron chi connectivity index (χ1n) is 9.04. The quantitative estimate of drug-likeness (QED) is 0.489. The number of rotatable bonds is 8. The highest BCUT2D eigenvalue weighted by atomic mass is 32.1. The third-order valence-corrected chi connectivity index (χ3v) is 5.60. The summed E-state index contributed by atoms with van der Waals surface area (Å²) in [6.45, 7) is -2.96. The first-order valence-corrected chi connectivity index (χ1v) is 9.86. The van der Waals surface area contributed by atoms with Crippen LogP contribution in [0.15, 0.2) is 48.5 Å². The molecule has 3 aromatic rings. The van der Waals surface area contributed by atoms with Crippen molar-refractivity contribution < 1.29 is 36.6 Å². The number of nitrogens with zero attached hydrogens (tertiary/aromatic N) is 1. The van der Waals surface area contributed by atoms with Gasteiger partial charge in [0.05, 0.1) is 16.6 Å². The molecule has 1 aromatic heterocycles. The molecule has 1 amide bonds. The molecule has 3 rings (SSSR count). The van der Waals surface area contributed by atoms with Gasteiger partial charge in [-0.1, -0.05) is 24.3 Å². The minimum absolute atomic E-state index is 0.0122. The average Bonchev–Trinajstić information content (AvgIpc) is 3.13. The van der Waals surface area contributed by atoms with Gasteiger partial charge in [-0.15, -0.1) is 11.3 Å². The van der Waals surface area contributed by atoms with Crippen LogP contribution in [0, 0.1) is 0 Å². The lowest BCUT2D eigenvalue weighted by Crippen LogP contribution is -2.46. The standard InChI is InChI=1S/C20H17F5N2O3S/c21-18(22)30-13-7-5-12(6-8-13)9-10-26-16(28)11-19(29,20(23,24)25)17-27-14-3-1-2-4-15(14)31-17/h1-8,18,29H,9-11H2,(H,26,28). The second-order valence-electron chi connectivity index (χ2n) is 6.64. The van der Waals surface area contributed by atoms with Gasteiger partial charge in [-0.05, 0) is 36.2 Å². The summed E-state index contributed by atoms with van der Waals surface area (Å²) in [7, 11) is 0. The van der Waals surface area contributed by atoms with Gasteiger partial charge in [-0.2, -0.15) is 22.0 Å². The van der Waals surface area contributed by atoms with Crippen LogP contribution in [-0.2, 0) is 16.8 Å². The number of thiazole rings is 1. The van der Waals surface area contributed by atoms with Crippen molar-refractivity contribution in [3.8, 4) is 5.75 Å². The van der Waals surface area contributed by atoms with E-state index in [1.807, 2.05) is 0 Å². The van der Waals surface area contributed by atoms with Crippen LogP contribution in [0.25, 0.3) is 10.2 Å². The molecule has 0 aliphatic carbocycles. The van der Waals surface area contributed by atoms with Crippen molar-refractivity contribution in [3.05, 3.63) is 59.1 Å². The smallest absolute Gasteiger partial charge is 0.424 e. The van der Waals surface area contributed by atoms with E-state index in [4.69, 9.17) is 0 Å². The van der Waals surface area contributed by atoms with E-state index in [9.17, 15) is 31.9 Å². The first kappa shape index (κ1) is 22.9. The monoisotopic (exact) mass is 460 g/mol. The van der Waals surface area contributed by atoms with Gasteiger partial charge in [0.2, 0.25) is 11.5 Å². The molecule has 0 spiro atoms. The Morgan fingerprint density at radius 3 is 2.42 bits per heavy atom. The summed E-state index contributed by atoms with van der Waals surface area (Å²) >= 11 is 0.673. The van der Waals surface area contributed by atoms with Crippen LogP contribution in [0.2, 0.25) is 0 Å². The first-order chi connectivity index (χ1) is 14.6. The third-order valence-electron chi connectivity index (χ3n) is 4.42. The van der Waals surface area contributed by atoms with Crippen LogP contribution < -0.4 is 10.1 Å². The Hall–Kier alpha value is -2.79. The summed E-state index contributed by atoms with van der Waals surface area (Å²) in [5.41, 5.74) is -2.47. The van der Waals surface area contributed by atoms with Crippen LogP contribution in [0.1, 0.15) is 17.0 Å². The van der Waals surface area contributed by atoms with E-state index in [1.54, 1.807) is 18.2 Å². The van der Waals surface area contributed by atoms with Gasteiger partial charge in [0.1, 0.15) is 10.8 Å². The van der Waals surface area contributed by atoms with E-state index in [2.05, 4.69) is 15.0 Å². The lowest BCUT2D eigenvalue weighted by atomic mass is 9.99. The highest BCUT2D eigenvalue weighted by Gasteiger charge is 2.58. The summed E-state index contributed by atoms with van der Waals surface area (Å²) in [5.74, 6) is -1.04. The van der Waals surface area contributed by atoms with Crippen LogP contribution in [0.5, 0.6) is 5.75 Å². The third kappa shape index (κ3) is 5.47. The number of aromatic nitrogens is 1.